The molecule has 0 atom stereocenters. The van der Waals surface area contributed by atoms with Crippen molar-refractivity contribution in [1.29, 1.82) is 0 Å². The van der Waals surface area contributed by atoms with Gasteiger partial charge in [0.15, 0.2) is 10.9 Å². The molecule has 6 heteroatoms. The molecule has 5 nitrogen and oxygen atoms in total. The second-order valence-corrected chi connectivity index (χ2v) is 4.99. The fraction of sp³-hybridized carbons (Fsp3) is 0.364. The van der Waals surface area contributed by atoms with Crippen LogP contribution in [0.15, 0.2) is 29.8 Å². The normalized spacial score (nSPS) is 15.1. The molecule has 1 fully saturated rings. The first-order valence-corrected chi connectivity index (χ1v) is 6.52. The summed E-state index contributed by atoms with van der Waals surface area (Å²) < 4.78 is 2.06. The van der Waals surface area contributed by atoms with Crippen LogP contribution in [0.3, 0.4) is 0 Å². The van der Waals surface area contributed by atoms with E-state index in [1.165, 1.54) is 24.6 Å². The van der Waals surface area contributed by atoms with Gasteiger partial charge in [0.2, 0.25) is 0 Å². The number of aromatic amines is 1. The van der Waals surface area contributed by atoms with E-state index in [4.69, 9.17) is 0 Å². The van der Waals surface area contributed by atoms with E-state index in [-0.39, 0.29) is 5.78 Å². The van der Waals surface area contributed by atoms with Gasteiger partial charge in [-0.2, -0.15) is 0 Å². The number of carbonyl (C=O) groups is 1. The minimum atomic E-state index is 0.0883. The first kappa shape index (κ1) is 10.6. The fourth-order valence-electron chi connectivity index (χ4n) is 1.65. The van der Waals surface area contributed by atoms with E-state index in [1.807, 2.05) is 6.07 Å². The van der Waals surface area contributed by atoms with Crippen LogP contribution < -0.4 is 0 Å². The number of rotatable bonds is 5. The molecule has 1 saturated carbocycles. The van der Waals surface area contributed by atoms with Gasteiger partial charge in [0.25, 0.3) is 0 Å². The van der Waals surface area contributed by atoms with Gasteiger partial charge in [-0.1, -0.05) is 11.8 Å². The van der Waals surface area contributed by atoms with Gasteiger partial charge in [-0.3, -0.25) is 4.79 Å². The summed E-state index contributed by atoms with van der Waals surface area (Å²) in [5, 5.41) is 8.78. The van der Waals surface area contributed by atoms with Crippen molar-refractivity contribution < 1.29 is 4.79 Å². The van der Waals surface area contributed by atoms with Gasteiger partial charge in [0, 0.05) is 12.2 Å². The van der Waals surface area contributed by atoms with Crippen LogP contribution in [0.1, 0.15) is 29.4 Å². The highest BCUT2D eigenvalue weighted by molar-refractivity contribution is 7.99. The molecule has 1 N–H and O–H groups in total. The number of nitrogens with zero attached hydrogens (tertiary/aromatic N) is 3. The second-order valence-electron chi connectivity index (χ2n) is 4.05. The van der Waals surface area contributed by atoms with Crippen molar-refractivity contribution in [2.24, 2.45) is 0 Å². The lowest BCUT2D eigenvalue weighted by atomic mass is 10.3. The monoisotopic (exact) mass is 248 g/mol. The molecule has 1 aliphatic carbocycles. The van der Waals surface area contributed by atoms with Crippen molar-refractivity contribution in [3.63, 3.8) is 0 Å². The smallest absolute Gasteiger partial charge is 0.191 e. The largest absolute Gasteiger partial charge is 0.359 e. The van der Waals surface area contributed by atoms with Gasteiger partial charge >= 0.3 is 0 Å². The molecule has 0 amide bonds. The number of ketones is 1. The third-order valence-corrected chi connectivity index (χ3v) is 3.67. The zero-order valence-electron chi connectivity index (χ0n) is 9.17. The van der Waals surface area contributed by atoms with Crippen molar-refractivity contribution in [2.45, 2.75) is 24.0 Å². The molecule has 88 valence electrons. The zero-order chi connectivity index (χ0) is 11.7. The van der Waals surface area contributed by atoms with Gasteiger partial charge in [-0.25, -0.2) is 0 Å². The Kier molecular flexibility index (Phi) is 2.72. The van der Waals surface area contributed by atoms with Crippen LogP contribution in [0, 0.1) is 0 Å². The molecule has 2 heterocycles. The van der Waals surface area contributed by atoms with Gasteiger partial charge in [0.1, 0.15) is 6.33 Å². The van der Waals surface area contributed by atoms with Crippen LogP contribution in [0.4, 0.5) is 0 Å². The van der Waals surface area contributed by atoms with Crippen LogP contribution in [0.5, 0.6) is 0 Å². The molecule has 0 spiro atoms. The van der Waals surface area contributed by atoms with Crippen LogP contribution in [-0.4, -0.2) is 31.3 Å². The standard InChI is InChI=1S/C11H12N4OS/c16-10(9-2-1-5-12-9)6-17-11-14-13-7-15(11)8-3-4-8/h1-2,5,7-8,12H,3-4,6H2. The lowest BCUT2D eigenvalue weighted by Crippen LogP contribution is -2.04. The van der Waals surface area contributed by atoms with E-state index in [1.54, 1.807) is 18.6 Å². The number of H-pyrrole nitrogens is 1. The second kappa shape index (κ2) is 4.37. The number of Topliss-reactive ketones (excluding diaryl/α,β-unsaturated/α-hetero) is 1. The van der Waals surface area contributed by atoms with Crippen molar-refractivity contribution >= 4 is 17.5 Å². The Morgan fingerprint density at radius 3 is 3.18 bits per heavy atom. The molecule has 2 aromatic heterocycles. The molecule has 1 aliphatic rings. The maximum Gasteiger partial charge on any atom is 0.191 e. The minimum Gasteiger partial charge on any atom is -0.359 e. The van der Waals surface area contributed by atoms with Gasteiger partial charge < -0.3 is 9.55 Å². The number of aromatic nitrogens is 4. The minimum absolute atomic E-state index is 0.0883. The third-order valence-electron chi connectivity index (χ3n) is 2.71. The summed E-state index contributed by atoms with van der Waals surface area (Å²) >= 11 is 1.45. The van der Waals surface area contributed by atoms with Crippen LogP contribution in [-0.2, 0) is 0 Å². The van der Waals surface area contributed by atoms with Crippen molar-refractivity contribution in [1.82, 2.24) is 19.7 Å². The molecule has 3 rings (SSSR count). The number of nitrogens with one attached hydrogen (secondary N) is 1. The Labute approximate surface area is 103 Å². The zero-order valence-corrected chi connectivity index (χ0v) is 9.98. The Morgan fingerprint density at radius 1 is 1.59 bits per heavy atom. The molecular formula is C11H12N4OS. The Hall–Kier alpha value is -1.56. The molecular weight excluding hydrogens is 236 g/mol. The molecule has 0 bridgehead atoms. The van der Waals surface area contributed by atoms with E-state index in [9.17, 15) is 4.79 Å². The molecule has 0 radical (unpaired) electrons. The summed E-state index contributed by atoms with van der Waals surface area (Å²) in [7, 11) is 0. The molecule has 17 heavy (non-hydrogen) atoms. The first-order valence-electron chi connectivity index (χ1n) is 5.53. The number of hydrogen-bond acceptors (Lipinski definition) is 4. The number of carbonyl (C=O) groups excluding carboxylic acids is 1. The first-order chi connectivity index (χ1) is 8.34. The van der Waals surface area contributed by atoms with Crippen LogP contribution in [0.25, 0.3) is 0 Å². The molecule has 0 aromatic carbocycles. The molecule has 2 aromatic rings. The average Bonchev–Trinajstić information content (AvgIpc) is 2.87. The highest BCUT2D eigenvalue weighted by Crippen LogP contribution is 2.37. The molecule has 0 saturated heterocycles. The molecule has 0 aliphatic heterocycles. The summed E-state index contributed by atoms with van der Waals surface area (Å²) in [6.07, 6.45) is 5.88. The van der Waals surface area contributed by atoms with Crippen molar-refractivity contribution in [2.75, 3.05) is 5.75 Å². The van der Waals surface area contributed by atoms with Gasteiger partial charge in [-0.15, -0.1) is 10.2 Å². The van der Waals surface area contributed by atoms with Gasteiger partial charge in [0.05, 0.1) is 11.4 Å². The summed E-state index contributed by atoms with van der Waals surface area (Å²) in [5.41, 5.74) is 0.648. The highest BCUT2D eigenvalue weighted by Gasteiger charge is 2.26. The van der Waals surface area contributed by atoms with E-state index < -0.39 is 0 Å². The topological polar surface area (TPSA) is 63.6 Å². The van der Waals surface area contributed by atoms with Gasteiger partial charge in [-0.05, 0) is 25.0 Å². The number of thioether (sulfide) groups is 1. The highest BCUT2D eigenvalue weighted by atomic mass is 32.2. The predicted octanol–water partition coefficient (Wildman–Crippen LogP) is 1.92. The lowest BCUT2D eigenvalue weighted by Gasteiger charge is -2.02. The average molecular weight is 248 g/mol. The predicted molar refractivity (Wildman–Crippen MR) is 64.1 cm³/mol. The van der Waals surface area contributed by atoms with Crippen molar-refractivity contribution in [3.05, 3.63) is 30.4 Å². The Balaban J connectivity index is 1.64. The van der Waals surface area contributed by atoms with Crippen molar-refractivity contribution in [3.8, 4) is 0 Å². The van der Waals surface area contributed by atoms with E-state index in [0.29, 0.717) is 17.5 Å². The summed E-state index contributed by atoms with van der Waals surface area (Å²) in [6, 6.07) is 4.16. The number of hydrogen-bond donors (Lipinski definition) is 1. The Bertz CT molecular complexity index is 515. The fourth-order valence-corrected chi connectivity index (χ4v) is 2.52. The quantitative estimate of drug-likeness (QED) is 0.648. The lowest BCUT2D eigenvalue weighted by molar-refractivity contribution is 0.101. The van der Waals surface area contributed by atoms with Crippen LogP contribution in [0.2, 0.25) is 0 Å². The summed E-state index contributed by atoms with van der Waals surface area (Å²) in [4.78, 5) is 14.7. The summed E-state index contributed by atoms with van der Waals surface area (Å²) in [6.45, 7) is 0. The van der Waals surface area contributed by atoms with E-state index in [2.05, 4.69) is 19.7 Å². The Morgan fingerprint density at radius 2 is 2.47 bits per heavy atom. The van der Waals surface area contributed by atoms with Crippen LogP contribution >= 0.6 is 11.8 Å². The maximum absolute atomic E-state index is 11.8. The summed E-state index contributed by atoms with van der Waals surface area (Å²) in [5.74, 6) is 0.483. The molecule has 0 unspecified atom stereocenters. The SMILES string of the molecule is O=C(CSc1nncn1C1CC1)c1ccc[nH]1. The van der Waals surface area contributed by atoms with E-state index >= 15 is 0 Å². The maximum atomic E-state index is 11.8. The van der Waals surface area contributed by atoms with E-state index in [0.717, 1.165) is 5.16 Å². The third kappa shape index (κ3) is 2.26.